The molecule has 0 aliphatic carbocycles. The van der Waals surface area contributed by atoms with Crippen molar-refractivity contribution in [1.29, 1.82) is 0 Å². The molecule has 23 heteroatoms. The van der Waals surface area contributed by atoms with Gasteiger partial charge in [-0.15, -0.1) is 22.7 Å². The third kappa shape index (κ3) is 9.64. The van der Waals surface area contributed by atoms with Crippen LogP contribution in [0.1, 0.15) is 87.4 Å². The number of pyridine rings is 1. The number of nitrogens with zero attached hydrogens (tertiary/aromatic N) is 5. The molecule has 4 heterocycles. The van der Waals surface area contributed by atoms with E-state index in [0.29, 0.717) is 12.1 Å². The fourth-order valence-electron chi connectivity index (χ4n) is 4.37. The number of nitrogens with one attached hydrogen (secondary N) is 4. The van der Waals surface area contributed by atoms with Crippen molar-refractivity contribution in [2.75, 3.05) is 10.6 Å². The summed E-state index contributed by atoms with van der Waals surface area (Å²) >= 11 is 12.9. The Morgan fingerprint density at radius 2 is 1.13 bits per heavy atom. The minimum Gasteiger partial charge on any atom is -0.342 e. The van der Waals surface area contributed by atoms with Gasteiger partial charge in [0.25, 0.3) is 23.6 Å². The number of benzene rings is 1. The Hall–Kier alpha value is -5.25. The van der Waals surface area contributed by atoms with Gasteiger partial charge < -0.3 is 21.3 Å². The van der Waals surface area contributed by atoms with Crippen LogP contribution in [-0.2, 0) is 12.4 Å². The quantitative estimate of drug-likeness (QED) is 0.103. The molecule has 0 bridgehead atoms. The number of anilines is 2. The molecule has 13 nitrogen and oxygen atoms in total. The molecule has 282 valence electrons. The van der Waals surface area contributed by atoms with E-state index in [-0.39, 0.29) is 36.8 Å². The molecule has 5 rings (SSSR count). The van der Waals surface area contributed by atoms with Gasteiger partial charge in [0.2, 0.25) is 0 Å². The third-order valence-corrected chi connectivity index (χ3v) is 9.98. The summed E-state index contributed by atoms with van der Waals surface area (Å²) in [7, 11) is 0. The van der Waals surface area contributed by atoms with Crippen LogP contribution in [0.2, 0.25) is 10.0 Å². The van der Waals surface area contributed by atoms with Gasteiger partial charge in [-0.25, -0.2) is 24.9 Å². The van der Waals surface area contributed by atoms with Gasteiger partial charge in [0.1, 0.15) is 43.3 Å². The zero-order valence-corrected chi connectivity index (χ0v) is 30.2. The van der Waals surface area contributed by atoms with Gasteiger partial charge in [-0.3, -0.25) is 19.2 Å². The first-order valence-electron chi connectivity index (χ1n) is 14.9. The number of thiazole rings is 2. The monoisotopic (exact) mass is 831 g/mol. The van der Waals surface area contributed by atoms with E-state index in [2.05, 4.69) is 46.2 Å². The molecule has 4 amide bonds. The molecular weight excluding hydrogens is 811 g/mol. The highest BCUT2D eigenvalue weighted by atomic mass is 35.5. The minimum absolute atomic E-state index is 0.000538. The Morgan fingerprint density at radius 3 is 1.65 bits per heavy atom. The fraction of sp³-hybridized carbons (Fsp3) is 0.194. The third-order valence-electron chi connectivity index (χ3n) is 7.00. The molecule has 0 spiro atoms. The predicted molar refractivity (Wildman–Crippen MR) is 185 cm³/mol. The first-order chi connectivity index (χ1) is 25.3. The van der Waals surface area contributed by atoms with Gasteiger partial charge in [0.15, 0.2) is 0 Å². The predicted octanol–water partition coefficient (Wildman–Crippen LogP) is 7.62. The van der Waals surface area contributed by atoms with Crippen molar-refractivity contribution in [2.45, 2.75) is 38.3 Å². The number of halogens is 8. The fourth-order valence-corrected chi connectivity index (χ4v) is 6.44. The normalized spacial score (nSPS) is 12.8. The van der Waals surface area contributed by atoms with Crippen LogP contribution in [0.5, 0.6) is 0 Å². The van der Waals surface area contributed by atoms with Crippen LogP contribution >= 0.6 is 45.9 Å². The van der Waals surface area contributed by atoms with Crippen LogP contribution in [0.15, 0.2) is 55.2 Å². The van der Waals surface area contributed by atoms with Gasteiger partial charge in [-0.05, 0) is 38.1 Å². The summed E-state index contributed by atoms with van der Waals surface area (Å²) in [5, 5.41) is 9.19. The van der Waals surface area contributed by atoms with Crippen molar-refractivity contribution in [2.24, 2.45) is 0 Å². The number of hydrogen-bond acceptors (Lipinski definition) is 11. The highest BCUT2D eigenvalue weighted by Crippen LogP contribution is 2.37. The van der Waals surface area contributed by atoms with Gasteiger partial charge in [0, 0.05) is 18.0 Å². The molecule has 4 N–H and O–H groups in total. The van der Waals surface area contributed by atoms with Crippen molar-refractivity contribution in [3.8, 4) is 0 Å². The standard InChI is InChI=1S/C31H21Cl2F6N9O4S2/c1-12(28-41-9-21(53-28)26(51)47-14-3-4-17(32)15(5-14)30(34,35)36)45-24(49)19-7-20(44-11-43-19)25(50)46-13(2)29-42-10-22(54-29)27(52)48-23-6-16(31(37,38)39)18(33)8-40-23/h3-13H,1-2H3,(H,45,49)(H,46,50)(H,47,51)(H,40,48,52). The highest BCUT2D eigenvalue weighted by molar-refractivity contribution is 7.14. The summed E-state index contributed by atoms with van der Waals surface area (Å²) in [4.78, 5) is 71.1. The smallest absolute Gasteiger partial charge is 0.342 e. The van der Waals surface area contributed by atoms with E-state index in [9.17, 15) is 45.5 Å². The largest absolute Gasteiger partial charge is 0.418 e. The second-order valence-electron chi connectivity index (χ2n) is 11.0. The molecule has 54 heavy (non-hydrogen) atoms. The molecule has 2 unspecified atom stereocenters. The number of aromatic nitrogens is 5. The van der Waals surface area contributed by atoms with E-state index >= 15 is 0 Å². The molecule has 1 aromatic carbocycles. The van der Waals surface area contributed by atoms with Gasteiger partial charge in [-0.2, -0.15) is 26.3 Å². The van der Waals surface area contributed by atoms with E-state index in [4.69, 9.17) is 23.2 Å². The molecule has 0 saturated heterocycles. The topological polar surface area (TPSA) is 181 Å². The summed E-state index contributed by atoms with van der Waals surface area (Å²) in [6.07, 6.45) is -5.42. The van der Waals surface area contributed by atoms with Crippen molar-refractivity contribution in [3.63, 3.8) is 0 Å². The summed E-state index contributed by atoms with van der Waals surface area (Å²) in [6, 6.07) is 3.05. The van der Waals surface area contributed by atoms with Crippen LogP contribution < -0.4 is 21.3 Å². The lowest BCUT2D eigenvalue weighted by atomic mass is 10.2. The van der Waals surface area contributed by atoms with Crippen molar-refractivity contribution < 1.29 is 45.5 Å². The van der Waals surface area contributed by atoms with Crippen molar-refractivity contribution in [1.82, 2.24) is 35.6 Å². The first-order valence-corrected chi connectivity index (χ1v) is 17.3. The Bertz CT molecular complexity index is 2100. The van der Waals surface area contributed by atoms with E-state index < -0.39 is 75.1 Å². The van der Waals surface area contributed by atoms with Crippen LogP contribution in [-0.4, -0.2) is 48.5 Å². The second-order valence-corrected chi connectivity index (χ2v) is 13.9. The molecule has 0 radical (unpaired) electrons. The second kappa shape index (κ2) is 16.0. The number of carbonyl (C=O) groups excluding carboxylic acids is 4. The SMILES string of the molecule is CC(NC(=O)c1cc(C(=O)NC(C)c2ncc(C(=O)Nc3cc(C(F)(F)F)c(Cl)cn3)s2)ncn1)c1ncc(C(=O)Nc2ccc(Cl)c(C(F)(F)F)c2)s1. The summed E-state index contributed by atoms with van der Waals surface area (Å²) in [5.41, 5.74) is -2.86. The van der Waals surface area contributed by atoms with Crippen LogP contribution in [0.3, 0.4) is 0 Å². The zero-order valence-electron chi connectivity index (χ0n) is 27.1. The van der Waals surface area contributed by atoms with E-state index in [1.54, 1.807) is 13.8 Å². The molecule has 2 atom stereocenters. The van der Waals surface area contributed by atoms with Crippen LogP contribution in [0.4, 0.5) is 37.8 Å². The van der Waals surface area contributed by atoms with Crippen LogP contribution in [0, 0.1) is 0 Å². The minimum atomic E-state index is -4.77. The number of hydrogen-bond donors (Lipinski definition) is 4. The molecule has 0 fully saturated rings. The van der Waals surface area contributed by atoms with E-state index in [1.807, 2.05) is 0 Å². The maximum Gasteiger partial charge on any atom is 0.418 e. The molecule has 5 aromatic rings. The van der Waals surface area contributed by atoms with E-state index in [0.717, 1.165) is 53.5 Å². The first kappa shape index (κ1) is 39.9. The zero-order chi connectivity index (χ0) is 39.5. The van der Waals surface area contributed by atoms with Gasteiger partial charge >= 0.3 is 12.4 Å². The summed E-state index contributed by atoms with van der Waals surface area (Å²) in [6.45, 7) is 3.10. The molecule has 0 aliphatic heterocycles. The van der Waals surface area contributed by atoms with E-state index in [1.165, 1.54) is 12.3 Å². The molecule has 0 aliphatic rings. The maximum absolute atomic E-state index is 13.2. The lowest BCUT2D eigenvalue weighted by molar-refractivity contribution is -0.138. The number of alkyl halides is 6. The van der Waals surface area contributed by atoms with Gasteiger partial charge in [0.05, 0.1) is 45.6 Å². The highest BCUT2D eigenvalue weighted by Gasteiger charge is 2.35. The number of rotatable bonds is 10. The molecule has 4 aromatic heterocycles. The number of amides is 4. The summed E-state index contributed by atoms with van der Waals surface area (Å²) in [5.74, 6) is -3.42. The maximum atomic E-state index is 13.2. The molecule has 0 saturated carbocycles. The lowest BCUT2D eigenvalue weighted by Crippen LogP contribution is -2.30. The average molecular weight is 833 g/mol. The van der Waals surface area contributed by atoms with Gasteiger partial charge in [-0.1, -0.05) is 23.2 Å². The Morgan fingerprint density at radius 1 is 0.630 bits per heavy atom. The summed E-state index contributed by atoms with van der Waals surface area (Å²) < 4.78 is 79.1. The number of carbonyl (C=O) groups is 4. The average Bonchev–Trinajstić information content (AvgIpc) is 3.81. The van der Waals surface area contributed by atoms with Crippen molar-refractivity contribution >= 4 is 81.0 Å². The van der Waals surface area contributed by atoms with Crippen LogP contribution in [0.25, 0.3) is 0 Å². The Balaban J connectivity index is 1.17. The molecular formula is C31H21Cl2F6N9O4S2. The Kier molecular flexibility index (Phi) is 11.8. The Labute approximate surface area is 317 Å². The lowest BCUT2D eigenvalue weighted by Gasteiger charge is -2.13. The van der Waals surface area contributed by atoms with Crippen molar-refractivity contribution in [3.05, 3.63) is 108 Å².